The topological polar surface area (TPSA) is 79.9 Å². The predicted octanol–water partition coefficient (Wildman–Crippen LogP) is 2.86. The van der Waals surface area contributed by atoms with Crippen molar-refractivity contribution in [3.63, 3.8) is 0 Å². The Morgan fingerprint density at radius 3 is 2.62 bits per heavy atom. The van der Waals surface area contributed by atoms with Crippen molar-refractivity contribution in [2.24, 2.45) is 5.92 Å². The van der Waals surface area contributed by atoms with Crippen LogP contribution in [-0.2, 0) is 4.79 Å². The predicted molar refractivity (Wildman–Crippen MR) is 101 cm³/mol. The second kappa shape index (κ2) is 10.0. The van der Waals surface area contributed by atoms with E-state index >= 15 is 0 Å². The van der Waals surface area contributed by atoms with Crippen molar-refractivity contribution in [3.05, 3.63) is 18.2 Å². The number of benzene rings is 1. The standard InChI is InChI=1S/C19H29N3O4/c1-4-25-16-9-8-15(11-17(16)26-5-2)20-19(24)21-18(23)13-22-10-6-7-14(3)12-22/h8-9,11,14H,4-7,10,12-13H2,1-3H3,(H2,20,21,23,24)/t14-/m0/s1. The van der Waals surface area contributed by atoms with E-state index in [1.54, 1.807) is 18.2 Å². The summed E-state index contributed by atoms with van der Waals surface area (Å²) in [4.78, 5) is 26.2. The van der Waals surface area contributed by atoms with Gasteiger partial charge in [-0.2, -0.15) is 0 Å². The van der Waals surface area contributed by atoms with E-state index < -0.39 is 6.03 Å². The van der Waals surface area contributed by atoms with E-state index in [9.17, 15) is 9.59 Å². The number of piperidine rings is 1. The highest BCUT2D eigenvalue weighted by atomic mass is 16.5. The van der Waals surface area contributed by atoms with Crippen molar-refractivity contribution in [1.29, 1.82) is 0 Å². The fourth-order valence-electron chi connectivity index (χ4n) is 3.09. The van der Waals surface area contributed by atoms with Crippen LogP contribution in [0.25, 0.3) is 0 Å². The molecule has 26 heavy (non-hydrogen) atoms. The Morgan fingerprint density at radius 1 is 1.19 bits per heavy atom. The number of carbonyl (C=O) groups is 2. The summed E-state index contributed by atoms with van der Waals surface area (Å²) in [5.74, 6) is 1.47. The molecule has 7 heteroatoms. The fraction of sp³-hybridized carbons (Fsp3) is 0.579. The van der Waals surface area contributed by atoms with Crippen molar-refractivity contribution >= 4 is 17.6 Å². The van der Waals surface area contributed by atoms with E-state index in [1.807, 2.05) is 13.8 Å². The van der Waals surface area contributed by atoms with Gasteiger partial charge in [-0.25, -0.2) is 4.79 Å². The zero-order valence-electron chi connectivity index (χ0n) is 15.8. The summed E-state index contributed by atoms with van der Waals surface area (Å²) in [6.07, 6.45) is 2.28. The first-order valence-corrected chi connectivity index (χ1v) is 9.24. The maximum Gasteiger partial charge on any atom is 0.325 e. The van der Waals surface area contributed by atoms with Crippen LogP contribution in [0.4, 0.5) is 10.5 Å². The largest absolute Gasteiger partial charge is 0.490 e. The smallest absolute Gasteiger partial charge is 0.325 e. The summed E-state index contributed by atoms with van der Waals surface area (Å²) >= 11 is 0. The van der Waals surface area contributed by atoms with Gasteiger partial charge in [-0.3, -0.25) is 15.0 Å². The second-order valence-electron chi connectivity index (χ2n) is 6.51. The van der Waals surface area contributed by atoms with E-state index in [2.05, 4.69) is 22.5 Å². The molecule has 7 nitrogen and oxygen atoms in total. The zero-order valence-corrected chi connectivity index (χ0v) is 15.8. The molecule has 1 aliphatic heterocycles. The summed E-state index contributed by atoms with van der Waals surface area (Å²) in [7, 11) is 0. The highest BCUT2D eigenvalue weighted by Gasteiger charge is 2.19. The molecule has 0 unspecified atom stereocenters. The zero-order chi connectivity index (χ0) is 18.9. The lowest BCUT2D eigenvalue weighted by Crippen LogP contribution is -2.44. The Morgan fingerprint density at radius 2 is 1.92 bits per heavy atom. The third-order valence-electron chi connectivity index (χ3n) is 4.16. The van der Waals surface area contributed by atoms with E-state index in [1.165, 1.54) is 6.42 Å². The third-order valence-corrected chi connectivity index (χ3v) is 4.16. The summed E-state index contributed by atoms with van der Waals surface area (Å²) in [5, 5.41) is 5.04. The Balaban J connectivity index is 1.88. The summed E-state index contributed by atoms with van der Waals surface area (Å²) in [6, 6.07) is 4.59. The van der Waals surface area contributed by atoms with Crippen molar-refractivity contribution in [3.8, 4) is 11.5 Å². The van der Waals surface area contributed by atoms with Crippen LogP contribution < -0.4 is 20.1 Å². The molecule has 0 spiro atoms. The number of likely N-dealkylation sites (tertiary alicyclic amines) is 1. The molecule has 0 radical (unpaired) electrons. The van der Waals surface area contributed by atoms with Gasteiger partial charge in [0, 0.05) is 18.3 Å². The van der Waals surface area contributed by atoms with Gasteiger partial charge in [0.1, 0.15) is 0 Å². The molecular weight excluding hydrogens is 334 g/mol. The van der Waals surface area contributed by atoms with Crippen molar-refractivity contribution in [2.45, 2.75) is 33.6 Å². The Hall–Kier alpha value is -2.28. The van der Waals surface area contributed by atoms with Crippen LogP contribution >= 0.6 is 0 Å². The van der Waals surface area contributed by atoms with Gasteiger partial charge in [-0.15, -0.1) is 0 Å². The van der Waals surface area contributed by atoms with Gasteiger partial charge in [0.25, 0.3) is 0 Å². The first-order valence-electron chi connectivity index (χ1n) is 9.24. The van der Waals surface area contributed by atoms with Crippen LogP contribution in [0.3, 0.4) is 0 Å². The van der Waals surface area contributed by atoms with E-state index in [0.717, 1.165) is 19.5 Å². The summed E-state index contributed by atoms with van der Waals surface area (Å²) < 4.78 is 11.0. The number of urea groups is 1. The third kappa shape index (κ3) is 6.22. The molecule has 0 aliphatic carbocycles. The molecule has 1 atom stereocenters. The maximum absolute atomic E-state index is 12.1. The van der Waals surface area contributed by atoms with Crippen molar-refractivity contribution in [1.82, 2.24) is 10.2 Å². The molecule has 3 amide bonds. The highest BCUT2D eigenvalue weighted by molar-refractivity contribution is 6.01. The number of carbonyl (C=O) groups excluding carboxylic acids is 2. The number of nitrogens with one attached hydrogen (secondary N) is 2. The molecule has 0 saturated carbocycles. The van der Waals surface area contributed by atoms with Gasteiger partial charge < -0.3 is 14.8 Å². The SMILES string of the molecule is CCOc1ccc(NC(=O)NC(=O)CN2CCC[C@H](C)C2)cc1OCC. The van der Waals surface area contributed by atoms with Crippen LogP contribution in [0.2, 0.25) is 0 Å². The molecule has 1 saturated heterocycles. The Bertz CT molecular complexity index is 621. The second-order valence-corrected chi connectivity index (χ2v) is 6.51. The first-order chi connectivity index (χ1) is 12.5. The molecule has 1 aromatic rings. The summed E-state index contributed by atoms with van der Waals surface area (Å²) in [5.41, 5.74) is 0.536. The first kappa shape index (κ1) is 20.0. The lowest BCUT2D eigenvalue weighted by Gasteiger charge is -2.29. The number of hydrogen-bond donors (Lipinski definition) is 2. The van der Waals surface area contributed by atoms with Crippen LogP contribution in [0.1, 0.15) is 33.6 Å². The molecule has 1 heterocycles. The molecular formula is C19H29N3O4. The van der Waals surface area contributed by atoms with Gasteiger partial charge in [-0.1, -0.05) is 6.92 Å². The molecule has 2 N–H and O–H groups in total. The number of anilines is 1. The van der Waals surface area contributed by atoms with Gasteiger partial charge in [0.05, 0.1) is 19.8 Å². The fourth-order valence-corrected chi connectivity index (χ4v) is 3.09. The number of hydrogen-bond acceptors (Lipinski definition) is 5. The lowest BCUT2D eigenvalue weighted by atomic mass is 10.0. The Labute approximate surface area is 155 Å². The molecule has 0 aromatic heterocycles. The minimum absolute atomic E-state index is 0.241. The van der Waals surface area contributed by atoms with Gasteiger partial charge in [-0.05, 0) is 51.3 Å². The monoisotopic (exact) mass is 363 g/mol. The maximum atomic E-state index is 12.1. The van der Waals surface area contributed by atoms with Crippen LogP contribution in [0.15, 0.2) is 18.2 Å². The highest BCUT2D eigenvalue weighted by Crippen LogP contribution is 2.30. The van der Waals surface area contributed by atoms with E-state index in [0.29, 0.717) is 36.3 Å². The van der Waals surface area contributed by atoms with Gasteiger partial charge in [0.15, 0.2) is 11.5 Å². The molecule has 0 bridgehead atoms. The number of imide groups is 1. The van der Waals surface area contributed by atoms with Crippen molar-refractivity contribution < 1.29 is 19.1 Å². The summed E-state index contributed by atoms with van der Waals surface area (Å²) in [6.45, 7) is 9.00. The molecule has 2 rings (SSSR count). The lowest BCUT2D eigenvalue weighted by molar-refractivity contribution is -0.121. The van der Waals surface area contributed by atoms with Gasteiger partial charge in [0.2, 0.25) is 5.91 Å². The van der Waals surface area contributed by atoms with Crippen LogP contribution in [-0.4, -0.2) is 49.7 Å². The minimum Gasteiger partial charge on any atom is -0.490 e. The number of ether oxygens (including phenoxy) is 2. The minimum atomic E-state index is -0.549. The Kier molecular flexibility index (Phi) is 7.72. The van der Waals surface area contributed by atoms with E-state index in [-0.39, 0.29) is 12.5 Å². The van der Waals surface area contributed by atoms with Crippen molar-refractivity contribution in [2.75, 3.05) is 38.2 Å². The van der Waals surface area contributed by atoms with E-state index in [4.69, 9.17) is 9.47 Å². The quantitative estimate of drug-likeness (QED) is 0.779. The van der Waals surface area contributed by atoms with Crippen LogP contribution in [0.5, 0.6) is 11.5 Å². The number of nitrogens with zero attached hydrogens (tertiary/aromatic N) is 1. The van der Waals surface area contributed by atoms with Crippen LogP contribution in [0, 0.1) is 5.92 Å². The number of amides is 3. The molecule has 1 aliphatic rings. The average molecular weight is 363 g/mol. The van der Waals surface area contributed by atoms with Gasteiger partial charge >= 0.3 is 6.03 Å². The average Bonchev–Trinajstić information content (AvgIpc) is 2.57. The normalized spacial score (nSPS) is 17.4. The molecule has 1 fully saturated rings. The molecule has 144 valence electrons. The molecule has 1 aromatic carbocycles. The number of rotatable bonds is 7.